The van der Waals surface area contributed by atoms with Crippen LogP contribution in [-0.2, 0) is 14.6 Å². The zero-order valence-electron chi connectivity index (χ0n) is 15.9. The lowest BCUT2D eigenvalue weighted by molar-refractivity contribution is -0.125. The molecule has 1 aliphatic carbocycles. The molecule has 0 radical (unpaired) electrons. The maximum absolute atomic E-state index is 13.6. The molecule has 1 amide bonds. The highest BCUT2D eigenvalue weighted by atomic mass is 32.2. The van der Waals surface area contributed by atoms with Gasteiger partial charge in [0, 0.05) is 24.9 Å². The van der Waals surface area contributed by atoms with Crippen molar-refractivity contribution in [2.24, 2.45) is 5.92 Å². The normalized spacial score (nSPS) is 16.5. The van der Waals surface area contributed by atoms with Crippen molar-refractivity contribution in [1.82, 2.24) is 10.3 Å². The molecule has 7 heteroatoms. The van der Waals surface area contributed by atoms with Crippen LogP contribution in [0.3, 0.4) is 0 Å². The van der Waals surface area contributed by atoms with E-state index in [4.69, 9.17) is 0 Å². The van der Waals surface area contributed by atoms with Crippen LogP contribution < -0.4 is 5.32 Å². The van der Waals surface area contributed by atoms with Crippen molar-refractivity contribution >= 4 is 15.7 Å². The van der Waals surface area contributed by atoms with Gasteiger partial charge in [0.15, 0.2) is 9.84 Å². The Bertz CT molecular complexity index is 926. The summed E-state index contributed by atoms with van der Waals surface area (Å²) in [6, 6.07) is 7.10. The molecule has 1 saturated carbocycles. The number of benzene rings is 1. The Morgan fingerprint density at radius 1 is 1.25 bits per heavy atom. The average Bonchev–Trinajstić information content (AvgIpc) is 2.71. The van der Waals surface area contributed by atoms with E-state index in [1.165, 1.54) is 25.3 Å². The zero-order chi connectivity index (χ0) is 20.1. The summed E-state index contributed by atoms with van der Waals surface area (Å²) in [4.78, 5) is 16.6. The van der Waals surface area contributed by atoms with E-state index in [2.05, 4.69) is 10.3 Å². The number of aromatic nitrogens is 1. The maximum atomic E-state index is 13.6. The number of carbonyl (C=O) groups excluding carboxylic acids is 1. The average molecular weight is 405 g/mol. The lowest BCUT2D eigenvalue weighted by atomic mass is 9.88. The van der Waals surface area contributed by atoms with Gasteiger partial charge in [-0.15, -0.1) is 0 Å². The van der Waals surface area contributed by atoms with E-state index in [9.17, 15) is 17.6 Å². The van der Waals surface area contributed by atoms with Crippen molar-refractivity contribution in [1.29, 1.82) is 0 Å². The standard InChI is InChI=1S/C21H25FN2O3S/c1-15-12-18(9-10-19(15)22)28(26,27)20(17-8-5-11-23-13-17)14-24-21(25)16-6-3-2-4-7-16/h5,8-13,16,20H,2-4,6-7,14H2,1H3,(H,24,25). The monoisotopic (exact) mass is 404 g/mol. The second-order valence-electron chi connectivity index (χ2n) is 7.31. The van der Waals surface area contributed by atoms with Crippen LogP contribution in [-0.4, -0.2) is 25.9 Å². The molecule has 2 aromatic rings. The molecule has 0 aliphatic heterocycles. The minimum absolute atomic E-state index is 0.0344. The summed E-state index contributed by atoms with van der Waals surface area (Å²) >= 11 is 0. The van der Waals surface area contributed by atoms with Crippen molar-refractivity contribution in [3.63, 3.8) is 0 Å². The number of aryl methyl sites for hydroxylation is 1. The topological polar surface area (TPSA) is 76.1 Å². The first-order valence-corrected chi connectivity index (χ1v) is 11.1. The number of hydrogen-bond acceptors (Lipinski definition) is 4. The van der Waals surface area contributed by atoms with Crippen LogP contribution in [0.4, 0.5) is 4.39 Å². The van der Waals surface area contributed by atoms with Gasteiger partial charge in [0.05, 0.1) is 4.90 Å². The molecule has 150 valence electrons. The molecule has 0 saturated heterocycles. The fraction of sp³-hybridized carbons (Fsp3) is 0.429. The third kappa shape index (κ3) is 4.58. The Kier molecular flexibility index (Phi) is 6.44. The maximum Gasteiger partial charge on any atom is 0.223 e. The lowest BCUT2D eigenvalue weighted by Crippen LogP contribution is -2.36. The van der Waals surface area contributed by atoms with Crippen molar-refractivity contribution < 1.29 is 17.6 Å². The second kappa shape index (κ2) is 8.82. The predicted octanol–water partition coefficient (Wildman–Crippen LogP) is 3.74. The molecule has 28 heavy (non-hydrogen) atoms. The van der Waals surface area contributed by atoms with Crippen LogP contribution in [0.15, 0.2) is 47.6 Å². The first-order chi connectivity index (χ1) is 13.4. The van der Waals surface area contributed by atoms with Crippen molar-refractivity contribution in [3.05, 3.63) is 59.7 Å². The summed E-state index contributed by atoms with van der Waals surface area (Å²) in [6.07, 6.45) is 7.93. The molecule has 0 spiro atoms. The Labute approximate surface area is 165 Å². The summed E-state index contributed by atoms with van der Waals surface area (Å²) < 4.78 is 40.2. The number of nitrogens with one attached hydrogen (secondary N) is 1. The van der Waals surface area contributed by atoms with E-state index in [0.29, 0.717) is 5.56 Å². The Morgan fingerprint density at radius 2 is 2.00 bits per heavy atom. The highest BCUT2D eigenvalue weighted by molar-refractivity contribution is 7.91. The van der Waals surface area contributed by atoms with Gasteiger partial charge < -0.3 is 5.32 Å². The van der Waals surface area contributed by atoms with E-state index in [-0.39, 0.29) is 28.8 Å². The van der Waals surface area contributed by atoms with Crippen LogP contribution in [0.25, 0.3) is 0 Å². The third-order valence-corrected chi connectivity index (χ3v) is 7.43. The molecule has 5 nitrogen and oxygen atoms in total. The molecule has 1 aromatic carbocycles. The fourth-order valence-corrected chi connectivity index (χ4v) is 5.36. The van der Waals surface area contributed by atoms with Crippen LogP contribution in [0, 0.1) is 18.7 Å². The van der Waals surface area contributed by atoms with Crippen molar-refractivity contribution in [2.45, 2.75) is 49.2 Å². The van der Waals surface area contributed by atoms with Crippen LogP contribution >= 0.6 is 0 Å². The number of pyridine rings is 1. The predicted molar refractivity (Wildman–Crippen MR) is 105 cm³/mol. The lowest BCUT2D eigenvalue weighted by Gasteiger charge is -2.23. The summed E-state index contributed by atoms with van der Waals surface area (Å²) in [5.74, 6) is -0.611. The van der Waals surface area contributed by atoms with Gasteiger partial charge >= 0.3 is 0 Å². The van der Waals surface area contributed by atoms with Gasteiger partial charge in [-0.1, -0.05) is 25.3 Å². The number of amides is 1. The van der Waals surface area contributed by atoms with E-state index in [0.717, 1.165) is 38.2 Å². The van der Waals surface area contributed by atoms with Crippen molar-refractivity contribution in [3.8, 4) is 0 Å². The molecule has 1 fully saturated rings. The smallest absolute Gasteiger partial charge is 0.223 e. The highest BCUT2D eigenvalue weighted by Gasteiger charge is 2.31. The first-order valence-electron chi connectivity index (χ1n) is 9.57. The van der Waals surface area contributed by atoms with Crippen LogP contribution in [0.5, 0.6) is 0 Å². The quantitative estimate of drug-likeness (QED) is 0.744. The van der Waals surface area contributed by atoms with Gasteiger partial charge in [-0.2, -0.15) is 0 Å². The van der Waals surface area contributed by atoms with Gasteiger partial charge in [-0.25, -0.2) is 12.8 Å². The Hall–Kier alpha value is -2.28. The highest BCUT2D eigenvalue weighted by Crippen LogP contribution is 2.30. The third-order valence-electron chi connectivity index (χ3n) is 5.33. The Morgan fingerprint density at radius 3 is 2.64 bits per heavy atom. The molecule has 1 aromatic heterocycles. The molecule has 1 heterocycles. The minimum atomic E-state index is -3.84. The SMILES string of the molecule is Cc1cc(S(=O)(=O)C(CNC(=O)C2CCCCC2)c2cccnc2)ccc1F. The molecule has 3 rings (SSSR count). The molecule has 1 N–H and O–H groups in total. The molecular formula is C21H25FN2O3S. The molecular weight excluding hydrogens is 379 g/mol. The summed E-state index contributed by atoms with van der Waals surface area (Å²) in [6.45, 7) is 1.48. The fourth-order valence-electron chi connectivity index (χ4n) is 3.63. The van der Waals surface area contributed by atoms with Gasteiger partial charge in [0.25, 0.3) is 0 Å². The Balaban J connectivity index is 1.86. The number of rotatable bonds is 6. The number of hydrogen-bond donors (Lipinski definition) is 1. The second-order valence-corrected chi connectivity index (χ2v) is 9.44. The largest absolute Gasteiger partial charge is 0.354 e. The minimum Gasteiger partial charge on any atom is -0.354 e. The molecule has 1 unspecified atom stereocenters. The number of halogens is 1. The van der Waals surface area contributed by atoms with Gasteiger partial charge in [0.2, 0.25) is 5.91 Å². The van der Waals surface area contributed by atoms with Gasteiger partial charge in [-0.05, 0) is 55.2 Å². The van der Waals surface area contributed by atoms with E-state index in [1.54, 1.807) is 18.3 Å². The number of nitrogens with zero attached hydrogens (tertiary/aromatic N) is 1. The summed E-state index contributed by atoms with van der Waals surface area (Å²) in [7, 11) is -3.84. The van der Waals surface area contributed by atoms with Crippen LogP contribution in [0.2, 0.25) is 0 Å². The zero-order valence-corrected chi connectivity index (χ0v) is 16.7. The van der Waals surface area contributed by atoms with E-state index >= 15 is 0 Å². The summed E-state index contributed by atoms with van der Waals surface area (Å²) in [5, 5.41) is 1.85. The molecule has 1 atom stereocenters. The van der Waals surface area contributed by atoms with Gasteiger partial charge in [-0.3, -0.25) is 9.78 Å². The van der Waals surface area contributed by atoms with E-state index in [1.807, 2.05) is 0 Å². The molecule has 0 bridgehead atoms. The van der Waals surface area contributed by atoms with Crippen LogP contribution in [0.1, 0.15) is 48.5 Å². The van der Waals surface area contributed by atoms with Gasteiger partial charge in [0.1, 0.15) is 11.1 Å². The molecule has 1 aliphatic rings. The summed E-state index contributed by atoms with van der Waals surface area (Å²) in [5.41, 5.74) is 0.755. The first kappa shape index (κ1) is 20.5. The number of carbonyl (C=O) groups is 1. The van der Waals surface area contributed by atoms with Crippen molar-refractivity contribution in [2.75, 3.05) is 6.54 Å². The van der Waals surface area contributed by atoms with E-state index < -0.39 is 20.9 Å². The number of sulfone groups is 1.